The van der Waals surface area contributed by atoms with Gasteiger partial charge in [-0.2, -0.15) is 9.78 Å². The highest BCUT2D eigenvalue weighted by Crippen LogP contribution is 2.29. The van der Waals surface area contributed by atoms with Gasteiger partial charge in [0, 0.05) is 36.0 Å². The van der Waals surface area contributed by atoms with Gasteiger partial charge in [0.05, 0.1) is 16.1 Å². The van der Waals surface area contributed by atoms with E-state index in [9.17, 15) is 9.59 Å². The van der Waals surface area contributed by atoms with Crippen LogP contribution in [0.15, 0.2) is 71.0 Å². The summed E-state index contributed by atoms with van der Waals surface area (Å²) in [6.45, 7) is 1.30. The van der Waals surface area contributed by atoms with Crippen molar-refractivity contribution in [1.29, 1.82) is 0 Å². The lowest BCUT2D eigenvalue weighted by molar-refractivity contribution is 0.0701. The molecule has 6 nitrogen and oxygen atoms in total. The fraction of sp³-hybridized carbons (Fsp3) is 0.217. The summed E-state index contributed by atoms with van der Waals surface area (Å²) in [4.78, 5) is 32.9. The Balaban J connectivity index is 1.59. The molecule has 0 saturated carbocycles. The number of piperidine rings is 1. The largest absolute Gasteiger partial charge is 0.337 e. The first kappa shape index (κ1) is 18.7. The summed E-state index contributed by atoms with van der Waals surface area (Å²) in [5, 5.41) is 8.66. The number of carbonyl (C=O) groups excluding carboxylic acids is 1. The average molecular weight is 417 g/mol. The van der Waals surface area contributed by atoms with Crippen LogP contribution in [0.4, 0.5) is 0 Å². The van der Waals surface area contributed by atoms with E-state index in [4.69, 9.17) is 0 Å². The number of aromatic nitrogens is 3. The normalized spacial score (nSPS) is 16.7. The third-order valence-corrected chi connectivity index (χ3v) is 6.46. The number of amides is 1. The molecule has 1 fully saturated rings. The second kappa shape index (κ2) is 7.84. The molecule has 3 heterocycles. The highest BCUT2D eigenvalue weighted by atomic mass is 32.1. The second-order valence-electron chi connectivity index (χ2n) is 7.41. The Morgan fingerprint density at radius 3 is 2.57 bits per heavy atom. The molecule has 30 heavy (non-hydrogen) atoms. The minimum absolute atomic E-state index is 0.142. The van der Waals surface area contributed by atoms with Crippen LogP contribution in [-0.4, -0.2) is 38.7 Å². The van der Waals surface area contributed by atoms with Gasteiger partial charge in [-0.15, -0.1) is 11.3 Å². The van der Waals surface area contributed by atoms with Crippen molar-refractivity contribution in [2.75, 3.05) is 13.1 Å². The molecule has 150 valence electrons. The molecule has 1 aliphatic heterocycles. The first-order chi connectivity index (χ1) is 14.7. The Kier molecular flexibility index (Phi) is 4.88. The van der Waals surface area contributed by atoms with E-state index in [2.05, 4.69) is 10.1 Å². The summed E-state index contributed by atoms with van der Waals surface area (Å²) in [6.07, 6.45) is 3.76. The van der Waals surface area contributed by atoms with Gasteiger partial charge < -0.3 is 4.90 Å². The molecule has 7 heteroatoms. The van der Waals surface area contributed by atoms with Crippen molar-refractivity contribution in [2.45, 2.75) is 18.8 Å². The Bertz CT molecular complexity index is 1250. The first-order valence-corrected chi connectivity index (χ1v) is 10.9. The van der Waals surface area contributed by atoms with Gasteiger partial charge in [0.15, 0.2) is 5.69 Å². The molecule has 0 N–H and O–H groups in total. The van der Waals surface area contributed by atoms with Crippen LogP contribution in [0.1, 0.15) is 34.3 Å². The van der Waals surface area contributed by atoms with Crippen molar-refractivity contribution >= 4 is 28.0 Å². The predicted molar refractivity (Wildman–Crippen MR) is 117 cm³/mol. The van der Waals surface area contributed by atoms with Crippen LogP contribution in [0, 0.1) is 0 Å². The van der Waals surface area contributed by atoms with Crippen LogP contribution < -0.4 is 5.56 Å². The number of fused-ring (bicyclic) bond motifs is 1. The maximum absolute atomic E-state index is 13.6. The van der Waals surface area contributed by atoms with Crippen LogP contribution in [0.3, 0.4) is 0 Å². The van der Waals surface area contributed by atoms with Crippen molar-refractivity contribution in [3.63, 3.8) is 0 Å². The first-order valence-electron chi connectivity index (χ1n) is 9.98. The number of carbonyl (C=O) groups is 1. The van der Waals surface area contributed by atoms with Gasteiger partial charge in [-0.25, -0.2) is 4.98 Å². The van der Waals surface area contributed by atoms with Gasteiger partial charge in [0.1, 0.15) is 0 Å². The van der Waals surface area contributed by atoms with E-state index in [-0.39, 0.29) is 17.4 Å². The molecular formula is C23H20N4O2S. The van der Waals surface area contributed by atoms with Crippen LogP contribution in [0.2, 0.25) is 0 Å². The van der Waals surface area contributed by atoms with E-state index < -0.39 is 0 Å². The third kappa shape index (κ3) is 3.31. The van der Waals surface area contributed by atoms with Gasteiger partial charge in [-0.05, 0) is 31.0 Å². The fourth-order valence-electron chi connectivity index (χ4n) is 4.04. The predicted octanol–water partition coefficient (Wildman–Crippen LogP) is 3.86. The molecule has 2 aromatic heterocycles. The molecular weight excluding hydrogens is 396 g/mol. The average Bonchev–Trinajstić information content (AvgIpc) is 3.35. The van der Waals surface area contributed by atoms with Gasteiger partial charge in [0.25, 0.3) is 11.5 Å². The maximum Gasteiger partial charge on any atom is 0.279 e. The van der Waals surface area contributed by atoms with Crippen LogP contribution in [0.5, 0.6) is 0 Å². The Morgan fingerprint density at radius 1 is 1.03 bits per heavy atom. The zero-order valence-corrected chi connectivity index (χ0v) is 17.1. The van der Waals surface area contributed by atoms with E-state index in [0.717, 1.165) is 17.8 Å². The molecule has 1 atom stereocenters. The number of nitrogens with zero attached hydrogens (tertiary/aromatic N) is 4. The number of hydrogen-bond acceptors (Lipinski definition) is 5. The van der Waals surface area contributed by atoms with Gasteiger partial charge in [-0.1, -0.05) is 36.4 Å². The van der Waals surface area contributed by atoms with Crippen LogP contribution in [-0.2, 0) is 0 Å². The molecule has 1 unspecified atom stereocenters. The standard InChI is InChI=1S/C23H20N4O2S/c28-22-19-11-5-4-10-18(19)20(25-27(22)17-8-2-1-3-9-17)23(29)26-13-6-7-16(15-26)21-24-12-14-30-21/h1-5,8-12,14,16H,6-7,13,15H2. The van der Waals surface area contributed by atoms with E-state index in [1.54, 1.807) is 23.5 Å². The molecule has 0 aliphatic carbocycles. The van der Waals surface area contributed by atoms with Crippen molar-refractivity contribution in [3.05, 3.63) is 87.2 Å². The summed E-state index contributed by atoms with van der Waals surface area (Å²) in [5.74, 6) is 0.103. The molecule has 0 bridgehead atoms. The molecule has 2 aromatic carbocycles. The van der Waals surface area contributed by atoms with Crippen LogP contribution >= 0.6 is 11.3 Å². The fourth-order valence-corrected chi connectivity index (χ4v) is 4.81. The summed E-state index contributed by atoms with van der Waals surface area (Å²) >= 11 is 1.63. The second-order valence-corrected chi connectivity index (χ2v) is 8.33. The SMILES string of the molecule is O=C(c1nn(-c2ccccc2)c(=O)c2ccccc12)N1CCCC(c2nccs2)C1. The zero-order chi connectivity index (χ0) is 20.5. The Hall–Kier alpha value is -3.32. The van der Waals surface area contributed by atoms with Crippen molar-refractivity contribution in [2.24, 2.45) is 0 Å². The van der Waals surface area contributed by atoms with Gasteiger partial charge >= 0.3 is 0 Å². The Morgan fingerprint density at radius 2 is 1.80 bits per heavy atom. The quantitative estimate of drug-likeness (QED) is 0.509. The minimum Gasteiger partial charge on any atom is -0.337 e. The smallest absolute Gasteiger partial charge is 0.279 e. The molecule has 1 saturated heterocycles. The number of hydrogen-bond donors (Lipinski definition) is 0. The van der Waals surface area contributed by atoms with E-state index >= 15 is 0 Å². The van der Waals surface area contributed by atoms with Crippen molar-refractivity contribution in [3.8, 4) is 5.69 Å². The molecule has 5 rings (SSSR count). The lowest BCUT2D eigenvalue weighted by Crippen LogP contribution is -2.40. The highest BCUT2D eigenvalue weighted by molar-refractivity contribution is 7.09. The van der Waals surface area contributed by atoms with E-state index in [1.165, 1.54) is 4.68 Å². The van der Waals surface area contributed by atoms with Gasteiger partial charge in [0.2, 0.25) is 0 Å². The van der Waals surface area contributed by atoms with Gasteiger partial charge in [-0.3, -0.25) is 9.59 Å². The number of rotatable bonds is 3. The van der Waals surface area contributed by atoms with Crippen molar-refractivity contribution in [1.82, 2.24) is 19.7 Å². The van der Waals surface area contributed by atoms with E-state index in [0.29, 0.717) is 35.2 Å². The number of likely N-dealkylation sites (tertiary alicyclic amines) is 1. The summed E-state index contributed by atoms with van der Waals surface area (Å²) < 4.78 is 1.33. The number of thiazole rings is 1. The van der Waals surface area contributed by atoms with Crippen molar-refractivity contribution < 1.29 is 4.79 Å². The number of benzene rings is 2. The summed E-state index contributed by atoms with van der Waals surface area (Å²) in [6, 6.07) is 16.4. The lowest BCUT2D eigenvalue weighted by atomic mass is 9.98. The topological polar surface area (TPSA) is 68.1 Å². The number of para-hydroxylation sites is 1. The third-order valence-electron chi connectivity index (χ3n) is 5.52. The molecule has 1 aliphatic rings. The lowest BCUT2D eigenvalue weighted by Gasteiger charge is -2.31. The summed E-state index contributed by atoms with van der Waals surface area (Å²) in [7, 11) is 0. The summed E-state index contributed by atoms with van der Waals surface area (Å²) in [5.41, 5.74) is 0.725. The zero-order valence-electron chi connectivity index (χ0n) is 16.3. The monoisotopic (exact) mass is 416 g/mol. The molecule has 4 aromatic rings. The highest BCUT2D eigenvalue weighted by Gasteiger charge is 2.29. The minimum atomic E-state index is -0.229. The Labute approximate surface area is 177 Å². The molecule has 1 amide bonds. The maximum atomic E-state index is 13.6. The molecule has 0 spiro atoms. The molecule has 0 radical (unpaired) electrons. The van der Waals surface area contributed by atoms with E-state index in [1.807, 2.05) is 58.9 Å². The van der Waals surface area contributed by atoms with Crippen LogP contribution in [0.25, 0.3) is 16.5 Å².